The highest BCUT2D eigenvalue weighted by atomic mass is 32.2. The van der Waals surface area contributed by atoms with Gasteiger partial charge in [0.15, 0.2) is 0 Å². The van der Waals surface area contributed by atoms with Crippen molar-refractivity contribution in [2.45, 2.75) is 24.4 Å². The number of nitrogen functional groups attached to an aromatic ring is 1. The van der Waals surface area contributed by atoms with Crippen molar-refractivity contribution < 1.29 is 18.1 Å². The number of anilines is 1. The summed E-state index contributed by atoms with van der Waals surface area (Å²) < 4.78 is 38.3. The van der Waals surface area contributed by atoms with E-state index < -0.39 is 22.4 Å². The topological polar surface area (TPSA) is 69.2 Å². The van der Waals surface area contributed by atoms with Gasteiger partial charge in [0.05, 0.1) is 10.5 Å². The van der Waals surface area contributed by atoms with E-state index >= 15 is 0 Å². The highest BCUT2D eigenvalue weighted by Crippen LogP contribution is 2.41. The number of nitrogens with two attached hydrogens (primary N) is 1. The number of hydrogen-bond donors (Lipinski definition) is 1. The van der Waals surface area contributed by atoms with Crippen LogP contribution in [0.25, 0.3) is 0 Å². The van der Waals surface area contributed by atoms with E-state index in [0.29, 0.717) is 18.2 Å². The number of hydrogen-bond acceptors (Lipinski definition) is 4. The third-order valence-electron chi connectivity index (χ3n) is 2.09. The largest absolute Gasteiger partial charge is 0.417 e. The number of halogens is 3. The first-order chi connectivity index (χ1) is 8.27. The fourth-order valence-electron chi connectivity index (χ4n) is 1.30. The fraction of sp³-hybridized carbons (Fsp3) is 0.400. The lowest BCUT2D eigenvalue weighted by Crippen LogP contribution is -2.09. The molecule has 0 aromatic heterocycles. The summed E-state index contributed by atoms with van der Waals surface area (Å²) in [5, 5.41) is 10.6. The minimum absolute atomic E-state index is 0.0764. The fourth-order valence-corrected chi connectivity index (χ4v) is 2.26. The average molecular weight is 280 g/mol. The summed E-state index contributed by atoms with van der Waals surface area (Å²) in [5.41, 5.74) is 3.39. The third kappa shape index (κ3) is 3.28. The van der Waals surface area contributed by atoms with Gasteiger partial charge in [-0.3, -0.25) is 10.1 Å². The van der Waals surface area contributed by atoms with Gasteiger partial charge in [-0.05, 0) is 18.2 Å². The van der Waals surface area contributed by atoms with Crippen LogP contribution in [0.2, 0.25) is 0 Å². The number of nitrogens with zero attached hydrogens (tertiary/aromatic N) is 1. The minimum Gasteiger partial charge on any atom is -0.393 e. The molecule has 0 heterocycles. The van der Waals surface area contributed by atoms with E-state index in [-0.39, 0.29) is 10.6 Å². The van der Waals surface area contributed by atoms with Gasteiger partial charge in [0.25, 0.3) is 5.69 Å². The summed E-state index contributed by atoms with van der Waals surface area (Å²) in [5.74, 6) is 0.486. The summed E-state index contributed by atoms with van der Waals surface area (Å²) >= 11 is 0.986. The average Bonchev–Trinajstić information content (AvgIpc) is 2.23. The van der Waals surface area contributed by atoms with Crippen molar-refractivity contribution in [3.8, 4) is 0 Å². The Kier molecular flexibility index (Phi) is 4.44. The van der Waals surface area contributed by atoms with E-state index in [1.807, 2.05) is 6.92 Å². The second kappa shape index (κ2) is 5.47. The Balaban J connectivity index is 3.33. The molecule has 0 aliphatic rings. The van der Waals surface area contributed by atoms with Crippen LogP contribution in [-0.4, -0.2) is 10.7 Å². The zero-order valence-corrected chi connectivity index (χ0v) is 10.3. The molecule has 2 N–H and O–H groups in total. The molecule has 0 atom stereocenters. The Morgan fingerprint density at radius 3 is 2.50 bits per heavy atom. The molecule has 0 bridgehead atoms. The molecule has 0 saturated carbocycles. The van der Waals surface area contributed by atoms with Gasteiger partial charge in [-0.2, -0.15) is 13.2 Å². The molecule has 1 aromatic rings. The van der Waals surface area contributed by atoms with Crippen molar-refractivity contribution in [1.29, 1.82) is 0 Å². The zero-order chi connectivity index (χ0) is 13.9. The maximum atomic E-state index is 12.8. The molecule has 0 fully saturated rings. The molecule has 18 heavy (non-hydrogen) atoms. The maximum Gasteiger partial charge on any atom is 0.417 e. The van der Waals surface area contributed by atoms with Gasteiger partial charge in [-0.1, -0.05) is 6.92 Å². The Morgan fingerprint density at radius 1 is 1.44 bits per heavy atom. The quantitative estimate of drug-likeness (QED) is 0.395. The SMILES string of the molecule is CCCSc1cc(N)c([N+](=O)[O-])cc1C(F)(F)F. The molecule has 4 nitrogen and oxygen atoms in total. The molecular formula is C10H11F3N2O2S. The number of rotatable bonds is 4. The maximum absolute atomic E-state index is 12.8. The summed E-state index contributed by atoms with van der Waals surface area (Å²) in [6, 6.07) is 1.51. The van der Waals surface area contributed by atoms with Gasteiger partial charge >= 0.3 is 6.18 Å². The van der Waals surface area contributed by atoms with Crippen molar-refractivity contribution >= 4 is 23.1 Å². The van der Waals surface area contributed by atoms with Gasteiger partial charge < -0.3 is 5.73 Å². The summed E-state index contributed by atoms with van der Waals surface area (Å²) in [6.07, 6.45) is -3.94. The van der Waals surface area contributed by atoms with E-state index in [9.17, 15) is 23.3 Å². The van der Waals surface area contributed by atoms with Crippen LogP contribution in [-0.2, 0) is 6.18 Å². The van der Waals surface area contributed by atoms with Gasteiger partial charge in [-0.25, -0.2) is 0 Å². The van der Waals surface area contributed by atoms with Crippen LogP contribution in [0.15, 0.2) is 17.0 Å². The molecule has 8 heteroatoms. The molecule has 0 saturated heterocycles. The normalized spacial score (nSPS) is 11.6. The van der Waals surface area contributed by atoms with Crippen molar-refractivity contribution in [3.05, 3.63) is 27.8 Å². The second-order valence-electron chi connectivity index (χ2n) is 3.51. The zero-order valence-electron chi connectivity index (χ0n) is 9.45. The standard InChI is InChI=1S/C10H11F3N2O2S/c1-2-3-18-9-5-7(14)8(15(16)17)4-6(9)10(11,12)13/h4-5H,2-3,14H2,1H3. The third-order valence-corrected chi connectivity index (χ3v) is 3.35. The molecule has 100 valence electrons. The monoisotopic (exact) mass is 280 g/mol. The first-order valence-electron chi connectivity index (χ1n) is 5.05. The van der Waals surface area contributed by atoms with Crippen LogP contribution in [0.1, 0.15) is 18.9 Å². The number of nitro benzene ring substituents is 1. The van der Waals surface area contributed by atoms with E-state index in [1.165, 1.54) is 0 Å². The predicted molar refractivity (Wildman–Crippen MR) is 63.5 cm³/mol. The number of nitro groups is 1. The second-order valence-corrected chi connectivity index (χ2v) is 4.65. The first-order valence-corrected chi connectivity index (χ1v) is 6.03. The summed E-state index contributed by atoms with van der Waals surface area (Å²) in [7, 11) is 0. The van der Waals surface area contributed by atoms with Crippen molar-refractivity contribution in [2.75, 3.05) is 11.5 Å². The summed E-state index contributed by atoms with van der Waals surface area (Å²) in [6.45, 7) is 1.83. The lowest BCUT2D eigenvalue weighted by Gasteiger charge is -2.13. The van der Waals surface area contributed by atoms with Crippen molar-refractivity contribution in [1.82, 2.24) is 0 Å². The number of thioether (sulfide) groups is 1. The molecule has 0 unspecified atom stereocenters. The molecule has 0 aliphatic heterocycles. The van der Waals surface area contributed by atoms with Crippen LogP contribution in [0.3, 0.4) is 0 Å². The smallest absolute Gasteiger partial charge is 0.393 e. The van der Waals surface area contributed by atoms with Crippen LogP contribution >= 0.6 is 11.8 Å². The highest BCUT2D eigenvalue weighted by molar-refractivity contribution is 7.99. The first kappa shape index (κ1) is 14.6. The van der Waals surface area contributed by atoms with Crippen molar-refractivity contribution in [2.24, 2.45) is 0 Å². The van der Waals surface area contributed by atoms with E-state index in [0.717, 1.165) is 17.8 Å². The van der Waals surface area contributed by atoms with Gasteiger partial charge in [0.1, 0.15) is 5.69 Å². The predicted octanol–water partition coefficient (Wildman–Crippen LogP) is 3.70. The lowest BCUT2D eigenvalue weighted by atomic mass is 10.1. The lowest BCUT2D eigenvalue weighted by molar-refractivity contribution is -0.384. The highest BCUT2D eigenvalue weighted by Gasteiger charge is 2.36. The van der Waals surface area contributed by atoms with Crippen LogP contribution in [0.5, 0.6) is 0 Å². The Hall–Kier alpha value is -1.44. The van der Waals surface area contributed by atoms with E-state index in [2.05, 4.69) is 0 Å². The van der Waals surface area contributed by atoms with Crippen LogP contribution < -0.4 is 5.73 Å². The number of benzene rings is 1. The minimum atomic E-state index is -4.63. The molecular weight excluding hydrogens is 269 g/mol. The molecule has 0 aliphatic carbocycles. The van der Waals surface area contributed by atoms with Gasteiger partial charge in [0, 0.05) is 11.0 Å². The Labute approximate surface area is 106 Å². The van der Waals surface area contributed by atoms with E-state index in [1.54, 1.807) is 0 Å². The van der Waals surface area contributed by atoms with Crippen LogP contribution in [0, 0.1) is 10.1 Å². The van der Waals surface area contributed by atoms with E-state index in [4.69, 9.17) is 5.73 Å². The molecule has 1 rings (SSSR count). The molecule has 0 radical (unpaired) electrons. The molecule has 1 aromatic carbocycles. The molecule has 0 amide bonds. The van der Waals surface area contributed by atoms with Gasteiger partial charge in [0.2, 0.25) is 0 Å². The van der Waals surface area contributed by atoms with Crippen LogP contribution in [0.4, 0.5) is 24.5 Å². The molecule has 0 spiro atoms. The Bertz CT molecular complexity index is 463. The summed E-state index contributed by atoms with van der Waals surface area (Å²) in [4.78, 5) is 9.58. The van der Waals surface area contributed by atoms with Crippen molar-refractivity contribution in [3.63, 3.8) is 0 Å². The number of alkyl halides is 3. The Morgan fingerprint density at radius 2 is 2.06 bits per heavy atom. The van der Waals surface area contributed by atoms with Gasteiger partial charge in [-0.15, -0.1) is 11.8 Å².